The topological polar surface area (TPSA) is 32.8 Å². The highest BCUT2D eigenvalue weighted by molar-refractivity contribution is 5.78. The molecule has 4 heteroatoms. The number of carbonyl (C=O) groups excluding carboxylic acids is 1. The summed E-state index contributed by atoms with van der Waals surface area (Å²) in [6.07, 6.45) is 2.33. The predicted octanol–water partition coefficient (Wildman–Crippen LogP) is 2.56. The van der Waals surface area contributed by atoms with E-state index in [0.29, 0.717) is 25.1 Å². The van der Waals surface area contributed by atoms with E-state index in [-0.39, 0.29) is 5.97 Å². The van der Waals surface area contributed by atoms with Crippen LogP contribution in [0, 0.1) is 6.92 Å². The van der Waals surface area contributed by atoms with Gasteiger partial charge in [0.1, 0.15) is 6.54 Å². The van der Waals surface area contributed by atoms with E-state index in [2.05, 4.69) is 42.0 Å². The summed E-state index contributed by atoms with van der Waals surface area (Å²) in [5.41, 5.74) is 3.93. The number of ether oxygens (including phenoxy) is 1. The van der Waals surface area contributed by atoms with Crippen molar-refractivity contribution < 1.29 is 9.53 Å². The standard InChI is InChI=1S/C18H26N2O2/c1-4-22-18(21)12-20-16-6-5-9-19(3)11-15(16)14-10-13(2)7-8-17(14)20/h7-8,10,15-16H,4-6,9,11-12H2,1-3H3/t15-,16-/m0/s1. The third kappa shape index (κ3) is 2.84. The Bertz CT molecular complexity index is 558. The van der Waals surface area contributed by atoms with Gasteiger partial charge in [-0.15, -0.1) is 0 Å². The number of fused-ring (bicyclic) bond motifs is 3. The third-order valence-corrected chi connectivity index (χ3v) is 4.91. The number of anilines is 1. The molecule has 0 aliphatic carbocycles. The summed E-state index contributed by atoms with van der Waals surface area (Å²) in [4.78, 5) is 16.7. The van der Waals surface area contributed by atoms with E-state index in [1.807, 2.05) is 6.92 Å². The summed E-state index contributed by atoms with van der Waals surface area (Å²) >= 11 is 0. The first-order valence-corrected chi connectivity index (χ1v) is 8.31. The highest BCUT2D eigenvalue weighted by Gasteiger charge is 2.40. The van der Waals surface area contributed by atoms with Crippen molar-refractivity contribution in [3.05, 3.63) is 29.3 Å². The van der Waals surface area contributed by atoms with Gasteiger partial charge in [0.2, 0.25) is 0 Å². The summed E-state index contributed by atoms with van der Waals surface area (Å²) in [5, 5.41) is 0. The molecule has 3 rings (SSSR count). The Morgan fingerprint density at radius 2 is 2.23 bits per heavy atom. The molecule has 0 N–H and O–H groups in total. The van der Waals surface area contributed by atoms with Gasteiger partial charge in [0.05, 0.1) is 6.61 Å². The fourth-order valence-corrected chi connectivity index (χ4v) is 3.96. The molecule has 0 spiro atoms. The zero-order valence-electron chi connectivity index (χ0n) is 13.8. The van der Waals surface area contributed by atoms with E-state index in [9.17, 15) is 4.79 Å². The van der Waals surface area contributed by atoms with E-state index in [0.717, 1.165) is 19.5 Å². The summed E-state index contributed by atoms with van der Waals surface area (Å²) in [6.45, 7) is 7.03. The van der Waals surface area contributed by atoms with Crippen molar-refractivity contribution in [2.24, 2.45) is 0 Å². The van der Waals surface area contributed by atoms with Crippen LogP contribution in [0.5, 0.6) is 0 Å². The van der Waals surface area contributed by atoms with Gasteiger partial charge in [0.15, 0.2) is 0 Å². The molecule has 0 amide bonds. The largest absolute Gasteiger partial charge is 0.465 e. The number of aryl methyl sites for hydroxylation is 1. The summed E-state index contributed by atoms with van der Waals surface area (Å²) in [5.74, 6) is 0.379. The first-order valence-electron chi connectivity index (χ1n) is 8.31. The molecule has 120 valence electrons. The Morgan fingerprint density at radius 3 is 3.00 bits per heavy atom. The second-order valence-electron chi connectivity index (χ2n) is 6.57. The lowest BCUT2D eigenvalue weighted by Crippen LogP contribution is -2.39. The van der Waals surface area contributed by atoms with Gasteiger partial charge >= 0.3 is 5.97 Å². The van der Waals surface area contributed by atoms with Crippen LogP contribution in [-0.2, 0) is 9.53 Å². The van der Waals surface area contributed by atoms with Crippen molar-refractivity contribution in [2.75, 3.05) is 38.2 Å². The molecule has 2 aliphatic rings. The molecule has 2 heterocycles. The first-order chi connectivity index (χ1) is 10.6. The summed E-state index contributed by atoms with van der Waals surface area (Å²) < 4.78 is 5.18. The van der Waals surface area contributed by atoms with Crippen LogP contribution in [0.15, 0.2) is 18.2 Å². The fraction of sp³-hybridized carbons (Fsp3) is 0.611. The predicted molar refractivity (Wildman–Crippen MR) is 88.4 cm³/mol. The minimum Gasteiger partial charge on any atom is -0.465 e. The molecule has 2 atom stereocenters. The highest BCUT2D eigenvalue weighted by atomic mass is 16.5. The summed E-state index contributed by atoms with van der Waals surface area (Å²) in [7, 11) is 2.20. The van der Waals surface area contributed by atoms with Crippen molar-refractivity contribution in [3.63, 3.8) is 0 Å². The number of likely N-dealkylation sites (N-methyl/N-ethyl adjacent to an activating group) is 1. The molecule has 1 aromatic carbocycles. The minimum atomic E-state index is -0.118. The molecular weight excluding hydrogens is 276 g/mol. The maximum absolute atomic E-state index is 12.0. The van der Waals surface area contributed by atoms with Gasteiger partial charge in [-0.2, -0.15) is 0 Å². The molecule has 0 saturated carbocycles. The molecule has 1 saturated heterocycles. The van der Waals surface area contributed by atoms with Crippen LogP contribution < -0.4 is 4.90 Å². The zero-order valence-corrected chi connectivity index (χ0v) is 13.8. The van der Waals surface area contributed by atoms with Crippen LogP contribution in [0.25, 0.3) is 0 Å². The van der Waals surface area contributed by atoms with Gasteiger partial charge in [-0.1, -0.05) is 17.7 Å². The molecule has 0 unspecified atom stereocenters. The van der Waals surface area contributed by atoms with Crippen LogP contribution in [0.1, 0.15) is 36.8 Å². The number of hydrogen-bond donors (Lipinski definition) is 0. The lowest BCUT2D eigenvalue weighted by atomic mass is 9.92. The van der Waals surface area contributed by atoms with Crippen molar-refractivity contribution in [1.82, 2.24) is 4.90 Å². The van der Waals surface area contributed by atoms with Crippen molar-refractivity contribution in [1.29, 1.82) is 0 Å². The van der Waals surface area contributed by atoms with E-state index in [1.54, 1.807) is 0 Å². The molecule has 1 fully saturated rings. The Labute approximate surface area is 133 Å². The lowest BCUT2D eigenvalue weighted by molar-refractivity contribution is -0.141. The molecule has 0 aromatic heterocycles. The molecule has 0 bridgehead atoms. The second kappa shape index (κ2) is 6.29. The molecule has 0 radical (unpaired) electrons. The molecule has 1 aromatic rings. The average Bonchev–Trinajstić information content (AvgIpc) is 2.62. The van der Waals surface area contributed by atoms with E-state index in [4.69, 9.17) is 4.74 Å². The maximum Gasteiger partial charge on any atom is 0.325 e. The van der Waals surface area contributed by atoms with E-state index >= 15 is 0 Å². The number of rotatable bonds is 3. The Morgan fingerprint density at radius 1 is 1.41 bits per heavy atom. The fourth-order valence-electron chi connectivity index (χ4n) is 3.96. The Hall–Kier alpha value is -1.55. The number of benzene rings is 1. The molecular formula is C18H26N2O2. The van der Waals surface area contributed by atoms with Crippen LogP contribution in [0.3, 0.4) is 0 Å². The number of nitrogens with zero attached hydrogens (tertiary/aromatic N) is 2. The molecule has 4 nitrogen and oxygen atoms in total. The van der Waals surface area contributed by atoms with Gasteiger partial charge in [-0.3, -0.25) is 4.79 Å². The number of hydrogen-bond acceptors (Lipinski definition) is 4. The van der Waals surface area contributed by atoms with E-state index < -0.39 is 0 Å². The number of esters is 1. The number of likely N-dealkylation sites (tertiary alicyclic amines) is 1. The maximum atomic E-state index is 12.0. The normalized spacial score (nSPS) is 24.6. The van der Waals surface area contributed by atoms with Gasteiger partial charge < -0.3 is 14.5 Å². The van der Waals surface area contributed by atoms with Crippen LogP contribution in [-0.4, -0.2) is 50.2 Å². The van der Waals surface area contributed by atoms with Crippen LogP contribution >= 0.6 is 0 Å². The zero-order chi connectivity index (χ0) is 15.7. The molecule has 22 heavy (non-hydrogen) atoms. The Balaban J connectivity index is 1.93. The quantitative estimate of drug-likeness (QED) is 0.803. The first kappa shape index (κ1) is 15.3. The van der Waals surface area contributed by atoms with Crippen molar-refractivity contribution in [2.45, 2.75) is 38.6 Å². The van der Waals surface area contributed by atoms with E-state index in [1.165, 1.54) is 23.2 Å². The minimum absolute atomic E-state index is 0.118. The van der Waals surface area contributed by atoms with Crippen molar-refractivity contribution in [3.8, 4) is 0 Å². The SMILES string of the molecule is CCOC(=O)CN1c2ccc(C)cc2[C@@H]2CN(C)CCC[C@@H]21. The third-order valence-electron chi connectivity index (χ3n) is 4.91. The van der Waals surface area contributed by atoms with Gasteiger partial charge in [-0.05, 0) is 51.9 Å². The van der Waals surface area contributed by atoms with Crippen molar-refractivity contribution >= 4 is 11.7 Å². The average molecular weight is 302 g/mol. The molecule has 2 aliphatic heterocycles. The number of carbonyl (C=O) groups is 1. The van der Waals surface area contributed by atoms with Crippen LogP contribution in [0.4, 0.5) is 5.69 Å². The highest BCUT2D eigenvalue weighted by Crippen LogP contribution is 2.44. The summed E-state index contributed by atoms with van der Waals surface area (Å²) in [6, 6.07) is 7.05. The smallest absolute Gasteiger partial charge is 0.325 e. The monoisotopic (exact) mass is 302 g/mol. The van der Waals surface area contributed by atoms with Gasteiger partial charge in [0.25, 0.3) is 0 Å². The second-order valence-corrected chi connectivity index (χ2v) is 6.57. The van der Waals surface area contributed by atoms with Gasteiger partial charge in [0, 0.05) is 24.2 Å². The lowest BCUT2D eigenvalue weighted by Gasteiger charge is -2.28. The van der Waals surface area contributed by atoms with Gasteiger partial charge in [-0.25, -0.2) is 0 Å². The van der Waals surface area contributed by atoms with Crippen LogP contribution in [0.2, 0.25) is 0 Å². The Kier molecular flexibility index (Phi) is 4.39.